The summed E-state index contributed by atoms with van der Waals surface area (Å²) < 4.78 is 0. The van der Waals surface area contributed by atoms with E-state index in [1.807, 2.05) is 0 Å². The highest BCUT2D eigenvalue weighted by atomic mass is 16.2. The number of likely N-dealkylation sites (tertiary alicyclic amines) is 1. The van der Waals surface area contributed by atoms with Crippen LogP contribution in [0.15, 0.2) is 0 Å². The molecule has 17 heavy (non-hydrogen) atoms. The molecule has 2 atom stereocenters. The molecule has 2 unspecified atom stereocenters. The van der Waals surface area contributed by atoms with Gasteiger partial charge < -0.3 is 10.6 Å². The van der Waals surface area contributed by atoms with Gasteiger partial charge in [0, 0.05) is 12.6 Å². The smallest absolute Gasteiger partial charge is 0.237 e. The Morgan fingerprint density at radius 1 is 1.35 bits per heavy atom. The molecule has 0 aliphatic carbocycles. The summed E-state index contributed by atoms with van der Waals surface area (Å²) in [5, 5.41) is 6.36. The van der Waals surface area contributed by atoms with Gasteiger partial charge in [0.1, 0.15) is 0 Å². The Hall–Kier alpha value is -0.610. The minimum atomic E-state index is 0.0636. The van der Waals surface area contributed by atoms with Gasteiger partial charge in [0.15, 0.2) is 0 Å². The zero-order valence-corrected chi connectivity index (χ0v) is 10.9. The van der Waals surface area contributed by atoms with E-state index in [9.17, 15) is 4.79 Å². The first-order valence-electron chi connectivity index (χ1n) is 7.06. The molecule has 0 aromatic rings. The van der Waals surface area contributed by atoms with E-state index in [1.165, 1.54) is 25.8 Å². The van der Waals surface area contributed by atoms with Crippen LogP contribution in [0.1, 0.15) is 39.0 Å². The molecule has 0 spiro atoms. The molecule has 2 rings (SSSR count). The monoisotopic (exact) mass is 239 g/mol. The van der Waals surface area contributed by atoms with Crippen molar-refractivity contribution in [1.29, 1.82) is 0 Å². The first-order valence-corrected chi connectivity index (χ1v) is 7.06. The highest BCUT2D eigenvalue weighted by molar-refractivity contribution is 5.82. The van der Waals surface area contributed by atoms with Crippen LogP contribution in [-0.2, 0) is 4.79 Å². The zero-order valence-electron chi connectivity index (χ0n) is 10.9. The van der Waals surface area contributed by atoms with Crippen LogP contribution >= 0.6 is 0 Å². The van der Waals surface area contributed by atoms with Crippen LogP contribution in [0.4, 0.5) is 0 Å². The molecule has 2 heterocycles. The number of carbonyl (C=O) groups is 1. The average molecular weight is 239 g/mol. The van der Waals surface area contributed by atoms with Crippen LogP contribution in [0.25, 0.3) is 0 Å². The van der Waals surface area contributed by atoms with Crippen molar-refractivity contribution >= 4 is 5.91 Å². The lowest BCUT2D eigenvalue weighted by molar-refractivity contribution is -0.123. The third kappa shape index (κ3) is 3.42. The summed E-state index contributed by atoms with van der Waals surface area (Å²) >= 11 is 0. The van der Waals surface area contributed by atoms with E-state index in [1.54, 1.807) is 0 Å². The van der Waals surface area contributed by atoms with Gasteiger partial charge in [0.2, 0.25) is 5.91 Å². The van der Waals surface area contributed by atoms with Gasteiger partial charge in [-0.1, -0.05) is 13.3 Å². The summed E-state index contributed by atoms with van der Waals surface area (Å²) in [5.74, 6) is 0.198. The van der Waals surface area contributed by atoms with Crippen LogP contribution in [0, 0.1) is 0 Å². The van der Waals surface area contributed by atoms with Crippen LogP contribution in [0.5, 0.6) is 0 Å². The molecule has 0 radical (unpaired) electrons. The molecule has 2 aliphatic rings. The maximum atomic E-state index is 11.9. The van der Waals surface area contributed by atoms with Crippen molar-refractivity contribution in [2.75, 3.05) is 26.2 Å². The fourth-order valence-corrected chi connectivity index (χ4v) is 2.96. The summed E-state index contributed by atoms with van der Waals surface area (Å²) in [6.45, 7) is 6.31. The van der Waals surface area contributed by atoms with Gasteiger partial charge in [-0.05, 0) is 45.3 Å². The predicted molar refractivity (Wildman–Crippen MR) is 68.9 cm³/mol. The molecule has 0 aromatic heterocycles. The lowest BCUT2D eigenvalue weighted by Crippen LogP contribution is -2.49. The summed E-state index contributed by atoms with van der Waals surface area (Å²) in [6, 6.07) is 0.618. The Bertz CT molecular complexity index is 251. The van der Waals surface area contributed by atoms with E-state index in [2.05, 4.69) is 22.5 Å². The van der Waals surface area contributed by atoms with Crippen molar-refractivity contribution in [2.45, 2.75) is 51.1 Å². The van der Waals surface area contributed by atoms with E-state index < -0.39 is 0 Å². The second-order valence-corrected chi connectivity index (χ2v) is 5.17. The number of hydrogen-bond donors (Lipinski definition) is 2. The number of nitrogens with one attached hydrogen (secondary N) is 2. The molecule has 1 amide bonds. The van der Waals surface area contributed by atoms with Gasteiger partial charge in [0.25, 0.3) is 0 Å². The molecule has 4 nitrogen and oxygen atoms in total. The van der Waals surface area contributed by atoms with Crippen LogP contribution in [0.2, 0.25) is 0 Å². The van der Waals surface area contributed by atoms with Gasteiger partial charge in [-0.2, -0.15) is 0 Å². The second-order valence-electron chi connectivity index (χ2n) is 5.17. The standard InChI is InChI=1S/C13H25N3O/c1-2-16-9-4-3-6-11(16)10-15-13(17)12-7-5-8-14-12/h11-12,14H,2-10H2,1H3,(H,15,17). The van der Waals surface area contributed by atoms with Gasteiger partial charge in [-0.25, -0.2) is 0 Å². The van der Waals surface area contributed by atoms with Gasteiger partial charge >= 0.3 is 0 Å². The maximum absolute atomic E-state index is 11.9. The van der Waals surface area contributed by atoms with Crippen molar-refractivity contribution in [3.8, 4) is 0 Å². The third-order valence-corrected chi connectivity index (χ3v) is 4.04. The van der Waals surface area contributed by atoms with Crippen molar-refractivity contribution in [1.82, 2.24) is 15.5 Å². The van der Waals surface area contributed by atoms with Crippen molar-refractivity contribution < 1.29 is 4.79 Å². The van der Waals surface area contributed by atoms with Crippen LogP contribution in [-0.4, -0.2) is 49.1 Å². The molecular weight excluding hydrogens is 214 g/mol. The minimum Gasteiger partial charge on any atom is -0.353 e. The minimum absolute atomic E-state index is 0.0636. The maximum Gasteiger partial charge on any atom is 0.237 e. The Morgan fingerprint density at radius 2 is 2.24 bits per heavy atom. The van der Waals surface area contributed by atoms with Gasteiger partial charge in [-0.15, -0.1) is 0 Å². The predicted octanol–water partition coefficient (Wildman–Crippen LogP) is 0.729. The highest BCUT2D eigenvalue weighted by Crippen LogP contribution is 2.15. The molecule has 0 aromatic carbocycles. The first-order chi connectivity index (χ1) is 8.31. The Labute approximate surface area is 104 Å². The number of likely N-dealkylation sites (N-methyl/N-ethyl adjacent to an activating group) is 1. The largest absolute Gasteiger partial charge is 0.353 e. The molecule has 4 heteroatoms. The molecule has 0 bridgehead atoms. The number of hydrogen-bond acceptors (Lipinski definition) is 3. The van der Waals surface area contributed by atoms with Crippen LogP contribution < -0.4 is 10.6 Å². The lowest BCUT2D eigenvalue weighted by Gasteiger charge is -2.35. The molecule has 98 valence electrons. The van der Waals surface area contributed by atoms with E-state index in [4.69, 9.17) is 0 Å². The summed E-state index contributed by atoms with van der Waals surface area (Å²) in [5.41, 5.74) is 0. The molecular formula is C13H25N3O. The molecule has 2 saturated heterocycles. The van der Waals surface area contributed by atoms with E-state index >= 15 is 0 Å². The van der Waals surface area contributed by atoms with Gasteiger partial charge in [0.05, 0.1) is 6.04 Å². The topological polar surface area (TPSA) is 44.4 Å². The lowest BCUT2D eigenvalue weighted by atomic mass is 10.0. The number of piperidine rings is 1. The number of amides is 1. The molecule has 2 aliphatic heterocycles. The van der Waals surface area contributed by atoms with Crippen molar-refractivity contribution in [3.05, 3.63) is 0 Å². The molecule has 0 saturated carbocycles. The van der Waals surface area contributed by atoms with E-state index in [0.717, 1.165) is 32.5 Å². The first kappa shape index (κ1) is 12.8. The zero-order chi connectivity index (χ0) is 12.1. The summed E-state index contributed by atoms with van der Waals surface area (Å²) in [4.78, 5) is 14.4. The molecule has 2 fully saturated rings. The highest BCUT2D eigenvalue weighted by Gasteiger charge is 2.25. The van der Waals surface area contributed by atoms with Crippen molar-refractivity contribution in [3.63, 3.8) is 0 Å². The fraction of sp³-hybridized carbons (Fsp3) is 0.923. The normalized spacial score (nSPS) is 30.4. The second kappa shape index (κ2) is 6.36. The quantitative estimate of drug-likeness (QED) is 0.760. The number of carbonyl (C=O) groups excluding carboxylic acids is 1. The summed E-state index contributed by atoms with van der Waals surface area (Å²) in [6.07, 6.45) is 5.96. The SMILES string of the molecule is CCN1CCCCC1CNC(=O)C1CCCN1. The fourth-order valence-electron chi connectivity index (χ4n) is 2.96. The van der Waals surface area contributed by atoms with E-state index in [0.29, 0.717) is 6.04 Å². The summed E-state index contributed by atoms with van der Waals surface area (Å²) in [7, 11) is 0. The number of nitrogens with zero attached hydrogens (tertiary/aromatic N) is 1. The van der Waals surface area contributed by atoms with Crippen molar-refractivity contribution in [2.24, 2.45) is 0 Å². The van der Waals surface area contributed by atoms with Crippen LogP contribution in [0.3, 0.4) is 0 Å². The van der Waals surface area contributed by atoms with E-state index in [-0.39, 0.29) is 11.9 Å². The van der Waals surface area contributed by atoms with Gasteiger partial charge in [-0.3, -0.25) is 9.69 Å². The third-order valence-electron chi connectivity index (χ3n) is 4.04. The Morgan fingerprint density at radius 3 is 2.94 bits per heavy atom. The Kier molecular flexibility index (Phi) is 4.80. The molecule has 2 N–H and O–H groups in total. The Balaban J connectivity index is 1.74. The number of rotatable bonds is 4. The average Bonchev–Trinajstić information content (AvgIpc) is 2.90.